The van der Waals surface area contributed by atoms with Crippen molar-refractivity contribution in [1.82, 2.24) is 19.1 Å². The minimum absolute atomic E-state index is 0.00494. The van der Waals surface area contributed by atoms with Gasteiger partial charge >= 0.3 is 0 Å². The van der Waals surface area contributed by atoms with Crippen LogP contribution in [-0.4, -0.2) is 46.6 Å². The Morgan fingerprint density at radius 3 is 2.58 bits per heavy atom. The summed E-state index contributed by atoms with van der Waals surface area (Å²) in [5.74, 6) is 1.27. The fourth-order valence-corrected chi connectivity index (χ4v) is 4.61. The van der Waals surface area contributed by atoms with E-state index in [4.69, 9.17) is 10.5 Å². The van der Waals surface area contributed by atoms with Gasteiger partial charge in [0.15, 0.2) is 5.82 Å². The molecule has 1 aliphatic rings. The number of piperidine rings is 1. The van der Waals surface area contributed by atoms with E-state index in [2.05, 4.69) is 10.1 Å². The standard InChI is InChI=1S/C17H25N5O3S/c1-17(2)11-22(9-8-15(17)18)26(23,24)14-6-4-13(5-7-14)25-10-16-19-12-20-21(16)3/h4-7,12,15H,8-11,18H2,1-3H3. The van der Waals surface area contributed by atoms with Crippen molar-refractivity contribution < 1.29 is 13.2 Å². The molecule has 2 heterocycles. The quantitative estimate of drug-likeness (QED) is 0.836. The van der Waals surface area contributed by atoms with Crippen molar-refractivity contribution in [3.05, 3.63) is 36.4 Å². The van der Waals surface area contributed by atoms with Crippen LogP contribution in [0.1, 0.15) is 26.1 Å². The lowest BCUT2D eigenvalue weighted by atomic mass is 9.81. The summed E-state index contributed by atoms with van der Waals surface area (Å²) in [6, 6.07) is 6.46. The summed E-state index contributed by atoms with van der Waals surface area (Å²) in [7, 11) is -1.76. The zero-order chi connectivity index (χ0) is 18.9. The van der Waals surface area contributed by atoms with Gasteiger partial charge in [-0.05, 0) is 36.1 Å². The van der Waals surface area contributed by atoms with E-state index in [1.54, 1.807) is 36.0 Å². The van der Waals surface area contributed by atoms with Crippen molar-refractivity contribution >= 4 is 10.0 Å². The van der Waals surface area contributed by atoms with Crippen molar-refractivity contribution in [2.24, 2.45) is 18.2 Å². The number of hydrogen-bond donors (Lipinski definition) is 1. The molecule has 1 fully saturated rings. The van der Waals surface area contributed by atoms with E-state index in [1.165, 1.54) is 10.6 Å². The molecule has 1 aliphatic heterocycles. The average molecular weight is 379 g/mol. The maximum atomic E-state index is 12.9. The lowest BCUT2D eigenvalue weighted by Gasteiger charge is -2.41. The van der Waals surface area contributed by atoms with Crippen LogP contribution >= 0.6 is 0 Å². The Morgan fingerprint density at radius 2 is 2.00 bits per heavy atom. The van der Waals surface area contributed by atoms with Crippen LogP contribution < -0.4 is 10.5 Å². The van der Waals surface area contributed by atoms with Gasteiger partial charge in [-0.25, -0.2) is 13.4 Å². The molecule has 26 heavy (non-hydrogen) atoms. The first kappa shape index (κ1) is 18.8. The van der Waals surface area contributed by atoms with Crippen LogP contribution in [0.2, 0.25) is 0 Å². The molecule has 0 aliphatic carbocycles. The van der Waals surface area contributed by atoms with E-state index in [1.807, 2.05) is 13.8 Å². The van der Waals surface area contributed by atoms with Crippen LogP contribution in [0, 0.1) is 5.41 Å². The Hall–Kier alpha value is -1.97. The van der Waals surface area contributed by atoms with Gasteiger partial charge in [0.1, 0.15) is 18.7 Å². The normalized spacial score (nSPS) is 20.8. The number of hydrogen-bond acceptors (Lipinski definition) is 6. The summed E-state index contributed by atoms with van der Waals surface area (Å²) >= 11 is 0. The van der Waals surface area contributed by atoms with Gasteiger partial charge in [-0.15, -0.1) is 0 Å². The summed E-state index contributed by atoms with van der Waals surface area (Å²) in [4.78, 5) is 4.34. The fraction of sp³-hybridized carbons (Fsp3) is 0.529. The molecule has 2 aromatic rings. The molecule has 1 saturated heterocycles. The maximum absolute atomic E-state index is 12.9. The summed E-state index contributed by atoms with van der Waals surface area (Å²) in [5, 5.41) is 3.98. The smallest absolute Gasteiger partial charge is 0.243 e. The van der Waals surface area contributed by atoms with Crippen LogP contribution in [0.3, 0.4) is 0 Å². The summed E-state index contributed by atoms with van der Waals surface area (Å²) in [6.45, 7) is 5.13. The molecule has 1 atom stereocenters. The summed E-state index contributed by atoms with van der Waals surface area (Å²) in [6.07, 6.45) is 2.12. The van der Waals surface area contributed by atoms with Crippen LogP contribution in [0.5, 0.6) is 5.75 Å². The van der Waals surface area contributed by atoms with E-state index in [9.17, 15) is 8.42 Å². The molecule has 0 bridgehead atoms. The van der Waals surface area contributed by atoms with Gasteiger partial charge in [-0.2, -0.15) is 9.40 Å². The zero-order valence-electron chi connectivity index (χ0n) is 15.3. The molecule has 0 radical (unpaired) electrons. The summed E-state index contributed by atoms with van der Waals surface area (Å²) in [5.41, 5.74) is 5.87. The first-order valence-corrected chi connectivity index (χ1v) is 9.95. The predicted octanol–water partition coefficient (Wildman–Crippen LogP) is 1.14. The second kappa shape index (κ2) is 6.98. The topological polar surface area (TPSA) is 103 Å². The summed E-state index contributed by atoms with van der Waals surface area (Å²) < 4.78 is 34.6. The molecule has 9 heteroatoms. The second-order valence-electron chi connectivity index (χ2n) is 7.28. The van der Waals surface area contributed by atoms with Crippen molar-refractivity contribution in [2.75, 3.05) is 13.1 Å². The van der Waals surface area contributed by atoms with E-state index < -0.39 is 10.0 Å². The molecule has 1 unspecified atom stereocenters. The van der Waals surface area contributed by atoms with Gasteiger partial charge in [0, 0.05) is 26.2 Å². The molecule has 0 amide bonds. The van der Waals surface area contributed by atoms with E-state index >= 15 is 0 Å². The minimum Gasteiger partial charge on any atom is -0.486 e. The molecular formula is C17H25N5O3S. The zero-order valence-corrected chi connectivity index (χ0v) is 16.1. The Kier molecular flexibility index (Phi) is 5.05. The van der Waals surface area contributed by atoms with Gasteiger partial charge < -0.3 is 10.5 Å². The average Bonchev–Trinajstić information content (AvgIpc) is 3.00. The number of benzene rings is 1. The molecule has 1 aromatic carbocycles. The number of sulfonamides is 1. The second-order valence-corrected chi connectivity index (χ2v) is 9.22. The van der Waals surface area contributed by atoms with Crippen LogP contribution in [0.4, 0.5) is 0 Å². The first-order chi connectivity index (χ1) is 12.2. The number of aromatic nitrogens is 3. The third-order valence-electron chi connectivity index (χ3n) is 4.91. The third kappa shape index (κ3) is 3.74. The van der Waals surface area contributed by atoms with Crippen molar-refractivity contribution in [3.8, 4) is 5.75 Å². The highest BCUT2D eigenvalue weighted by Gasteiger charge is 2.38. The fourth-order valence-electron chi connectivity index (χ4n) is 2.99. The maximum Gasteiger partial charge on any atom is 0.243 e. The molecule has 0 saturated carbocycles. The van der Waals surface area contributed by atoms with E-state index in [0.717, 1.165) is 0 Å². The van der Waals surface area contributed by atoms with Crippen LogP contribution in [0.25, 0.3) is 0 Å². The Morgan fingerprint density at radius 1 is 1.31 bits per heavy atom. The first-order valence-electron chi connectivity index (χ1n) is 8.51. The SMILES string of the molecule is Cn1ncnc1COc1ccc(S(=O)(=O)N2CCC(N)C(C)(C)C2)cc1. The molecule has 142 valence electrons. The molecule has 8 nitrogen and oxygen atoms in total. The van der Waals surface area contributed by atoms with Crippen molar-refractivity contribution in [3.63, 3.8) is 0 Å². The minimum atomic E-state index is -3.54. The van der Waals surface area contributed by atoms with Crippen molar-refractivity contribution in [2.45, 2.75) is 37.8 Å². The number of ether oxygens (including phenoxy) is 1. The number of aryl methyl sites for hydroxylation is 1. The Labute approximate surface area is 154 Å². The highest BCUT2D eigenvalue weighted by molar-refractivity contribution is 7.89. The van der Waals surface area contributed by atoms with Gasteiger partial charge in [0.05, 0.1) is 4.90 Å². The number of rotatable bonds is 5. The highest BCUT2D eigenvalue weighted by Crippen LogP contribution is 2.31. The van der Waals surface area contributed by atoms with Crippen LogP contribution in [0.15, 0.2) is 35.5 Å². The molecule has 1 aromatic heterocycles. The van der Waals surface area contributed by atoms with Gasteiger partial charge in [0.2, 0.25) is 10.0 Å². The molecule has 0 spiro atoms. The Bertz CT molecular complexity index is 861. The number of nitrogens with two attached hydrogens (primary N) is 1. The Balaban J connectivity index is 1.70. The van der Waals surface area contributed by atoms with Gasteiger partial charge in [-0.3, -0.25) is 4.68 Å². The highest BCUT2D eigenvalue weighted by atomic mass is 32.2. The van der Waals surface area contributed by atoms with Gasteiger partial charge in [0.25, 0.3) is 0 Å². The molecule has 3 rings (SSSR count). The molecule has 2 N–H and O–H groups in total. The lowest BCUT2D eigenvalue weighted by Crippen LogP contribution is -2.53. The van der Waals surface area contributed by atoms with Crippen molar-refractivity contribution in [1.29, 1.82) is 0 Å². The predicted molar refractivity (Wildman–Crippen MR) is 96.9 cm³/mol. The molecular weight excluding hydrogens is 354 g/mol. The largest absolute Gasteiger partial charge is 0.486 e. The third-order valence-corrected chi connectivity index (χ3v) is 6.77. The van der Waals surface area contributed by atoms with Crippen LogP contribution in [-0.2, 0) is 23.7 Å². The monoisotopic (exact) mass is 379 g/mol. The number of nitrogens with zero attached hydrogens (tertiary/aromatic N) is 4. The lowest BCUT2D eigenvalue weighted by molar-refractivity contribution is 0.155. The van der Waals surface area contributed by atoms with E-state index in [-0.39, 0.29) is 23.0 Å². The van der Waals surface area contributed by atoms with E-state index in [0.29, 0.717) is 31.1 Å². The van der Waals surface area contributed by atoms with Gasteiger partial charge in [-0.1, -0.05) is 13.8 Å².